The number of halogens is 1. The van der Waals surface area contributed by atoms with Crippen molar-refractivity contribution >= 4 is 45.8 Å². The van der Waals surface area contributed by atoms with Crippen molar-refractivity contribution in [3.63, 3.8) is 0 Å². The zero-order chi connectivity index (χ0) is 14.5. The van der Waals surface area contributed by atoms with Crippen molar-refractivity contribution < 1.29 is 14.7 Å². The molecule has 0 spiro atoms. The summed E-state index contributed by atoms with van der Waals surface area (Å²) in [7, 11) is 0. The van der Waals surface area contributed by atoms with Gasteiger partial charge in [0.1, 0.15) is 0 Å². The molecule has 6 nitrogen and oxygen atoms in total. The molecule has 1 heterocycles. The van der Waals surface area contributed by atoms with E-state index in [-0.39, 0.29) is 12.3 Å². The van der Waals surface area contributed by atoms with Crippen LogP contribution in [0.1, 0.15) is 12.0 Å². The first-order valence-corrected chi connectivity index (χ1v) is 7.50. The number of hydrazone groups is 1. The van der Waals surface area contributed by atoms with E-state index in [9.17, 15) is 9.59 Å². The Morgan fingerprint density at radius 1 is 1.50 bits per heavy atom. The molecule has 0 unspecified atom stereocenters. The topological polar surface area (TPSA) is 90.8 Å². The highest BCUT2D eigenvalue weighted by molar-refractivity contribution is 9.10. The monoisotopic (exact) mass is 357 g/mol. The number of hydrogen-bond acceptors (Lipinski definition) is 5. The molecule has 1 fully saturated rings. The average molecular weight is 358 g/mol. The summed E-state index contributed by atoms with van der Waals surface area (Å²) in [4.78, 5) is 22.1. The Morgan fingerprint density at radius 3 is 2.85 bits per heavy atom. The molecule has 20 heavy (non-hydrogen) atoms. The van der Waals surface area contributed by atoms with E-state index in [0.29, 0.717) is 0 Å². The number of carbonyl (C=O) groups excluding carboxylic acids is 1. The van der Waals surface area contributed by atoms with Gasteiger partial charge in [-0.2, -0.15) is 5.10 Å². The van der Waals surface area contributed by atoms with Gasteiger partial charge in [0.05, 0.1) is 17.9 Å². The van der Waals surface area contributed by atoms with Crippen LogP contribution in [0.25, 0.3) is 0 Å². The predicted octanol–water partition coefficient (Wildman–Crippen LogP) is 1.36. The maximum Gasteiger partial charge on any atom is 0.305 e. The van der Waals surface area contributed by atoms with E-state index in [1.54, 1.807) is 6.21 Å². The van der Waals surface area contributed by atoms with Crippen molar-refractivity contribution in [3.8, 4) is 0 Å². The van der Waals surface area contributed by atoms with Crippen molar-refractivity contribution in [3.05, 3.63) is 34.3 Å². The van der Waals surface area contributed by atoms with E-state index in [1.165, 1.54) is 11.8 Å². The van der Waals surface area contributed by atoms with Gasteiger partial charge in [-0.15, -0.1) is 11.8 Å². The molecule has 0 saturated carbocycles. The van der Waals surface area contributed by atoms with Gasteiger partial charge in [-0.1, -0.05) is 28.1 Å². The molecule has 1 aromatic rings. The number of nitrogens with one attached hydrogen (secondary N) is 2. The number of nitrogens with zero attached hydrogens (tertiary/aromatic N) is 1. The van der Waals surface area contributed by atoms with Gasteiger partial charge in [0.15, 0.2) is 5.50 Å². The summed E-state index contributed by atoms with van der Waals surface area (Å²) in [6.07, 6.45) is 1.44. The summed E-state index contributed by atoms with van der Waals surface area (Å²) in [5.41, 5.74) is 3.28. The number of thioether (sulfide) groups is 1. The van der Waals surface area contributed by atoms with E-state index in [4.69, 9.17) is 5.11 Å². The van der Waals surface area contributed by atoms with Gasteiger partial charge in [0, 0.05) is 4.47 Å². The largest absolute Gasteiger partial charge is 0.481 e. The number of benzene rings is 1. The summed E-state index contributed by atoms with van der Waals surface area (Å²) in [6, 6.07) is 7.58. The van der Waals surface area contributed by atoms with E-state index in [2.05, 4.69) is 31.8 Å². The quantitative estimate of drug-likeness (QED) is 0.546. The van der Waals surface area contributed by atoms with Gasteiger partial charge < -0.3 is 10.4 Å². The van der Waals surface area contributed by atoms with Gasteiger partial charge in [-0.05, 0) is 17.7 Å². The van der Waals surface area contributed by atoms with Crippen molar-refractivity contribution in [2.75, 3.05) is 0 Å². The number of carboxylic acids is 1. The Bertz CT molecular complexity index is 535. The number of hydrogen-bond donors (Lipinski definition) is 3. The molecule has 3 N–H and O–H groups in total. The fraction of sp³-hybridized carbons (Fsp3) is 0.250. The fourth-order valence-corrected chi connectivity index (χ4v) is 2.90. The van der Waals surface area contributed by atoms with Crippen LogP contribution in [0.2, 0.25) is 0 Å². The highest BCUT2D eigenvalue weighted by atomic mass is 79.9. The van der Waals surface area contributed by atoms with E-state index in [0.717, 1.165) is 10.0 Å². The molecule has 0 radical (unpaired) electrons. The highest BCUT2D eigenvalue weighted by Crippen LogP contribution is 2.24. The molecule has 1 aromatic carbocycles. The zero-order valence-electron chi connectivity index (χ0n) is 10.2. The van der Waals surface area contributed by atoms with Crippen LogP contribution in [-0.2, 0) is 9.59 Å². The number of aliphatic carboxylic acids is 1. The van der Waals surface area contributed by atoms with Gasteiger partial charge in [-0.3, -0.25) is 15.0 Å². The maximum absolute atomic E-state index is 11.5. The summed E-state index contributed by atoms with van der Waals surface area (Å²) in [5.74, 6) is -1.27. The lowest BCUT2D eigenvalue weighted by molar-refractivity contribution is -0.138. The first-order chi connectivity index (χ1) is 9.54. The number of rotatable bonds is 5. The van der Waals surface area contributed by atoms with Crippen LogP contribution in [-0.4, -0.2) is 33.9 Å². The van der Waals surface area contributed by atoms with Crippen molar-refractivity contribution in [2.45, 2.75) is 17.2 Å². The van der Waals surface area contributed by atoms with Crippen molar-refractivity contribution in [2.24, 2.45) is 5.10 Å². The van der Waals surface area contributed by atoms with E-state index in [1.807, 2.05) is 24.3 Å². The summed E-state index contributed by atoms with van der Waals surface area (Å²) in [6.45, 7) is 0. The lowest BCUT2D eigenvalue weighted by Gasteiger charge is -2.07. The first-order valence-electron chi connectivity index (χ1n) is 5.76. The summed E-state index contributed by atoms with van der Waals surface area (Å²) < 4.78 is 0.984. The van der Waals surface area contributed by atoms with Crippen LogP contribution in [0, 0.1) is 0 Å². The second-order valence-corrected chi connectivity index (χ2v) is 6.28. The van der Waals surface area contributed by atoms with Crippen LogP contribution in [0.15, 0.2) is 33.8 Å². The van der Waals surface area contributed by atoms with Crippen LogP contribution in [0.3, 0.4) is 0 Å². The molecule has 1 amide bonds. The molecule has 1 aliphatic rings. The van der Waals surface area contributed by atoms with Crippen LogP contribution < -0.4 is 10.7 Å². The second kappa shape index (κ2) is 6.76. The smallest absolute Gasteiger partial charge is 0.305 e. The predicted molar refractivity (Wildman–Crippen MR) is 80.4 cm³/mol. The van der Waals surface area contributed by atoms with Crippen LogP contribution in [0.5, 0.6) is 0 Å². The van der Waals surface area contributed by atoms with E-state index >= 15 is 0 Å². The second-order valence-electron chi connectivity index (χ2n) is 4.05. The molecule has 8 heteroatoms. The van der Waals surface area contributed by atoms with Gasteiger partial charge >= 0.3 is 5.97 Å². The van der Waals surface area contributed by atoms with Crippen molar-refractivity contribution in [1.29, 1.82) is 0 Å². The third-order valence-corrected chi connectivity index (χ3v) is 4.23. The molecule has 106 valence electrons. The Labute approximate surface area is 128 Å². The Balaban J connectivity index is 1.84. The zero-order valence-corrected chi connectivity index (χ0v) is 12.6. The Hall–Kier alpha value is -1.54. The molecule has 0 aromatic heterocycles. The highest BCUT2D eigenvalue weighted by Gasteiger charge is 2.33. The molecule has 2 atom stereocenters. The molecule has 1 saturated heterocycles. The molecular formula is C12H12BrN3O3S. The Kier molecular flexibility index (Phi) is 5.02. The minimum absolute atomic E-state index is 0.189. The van der Waals surface area contributed by atoms with Gasteiger partial charge in [-0.25, -0.2) is 0 Å². The maximum atomic E-state index is 11.5. The fourth-order valence-electron chi connectivity index (χ4n) is 1.57. The Morgan fingerprint density at radius 2 is 2.20 bits per heavy atom. The lowest BCUT2D eigenvalue weighted by Crippen LogP contribution is -2.35. The number of amides is 1. The normalized spacial score (nSPS) is 21.9. The minimum Gasteiger partial charge on any atom is -0.481 e. The van der Waals surface area contributed by atoms with Gasteiger partial charge in [0.2, 0.25) is 5.91 Å². The third-order valence-electron chi connectivity index (χ3n) is 2.50. The molecule has 2 rings (SSSR count). The standard InChI is InChI=1S/C12H12BrN3O3S/c13-8-3-1-7(2-4-8)6-14-16-12-15-11(19)9(20-12)5-10(17)18/h1-4,6,9,12,16H,5H2,(H,15,19)(H,17,18)/b14-6-/t9-,12-/m0/s1. The van der Waals surface area contributed by atoms with Crippen LogP contribution >= 0.6 is 27.7 Å². The molecule has 0 bridgehead atoms. The van der Waals surface area contributed by atoms with Crippen molar-refractivity contribution in [1.82, 2.24) is 10.7 Å². The number of carboxylic acid groups (broad SMARTS) is 1. The minimum atomic E-state index is -0.989. The SMILES string of the molecule is O=C(O)C[C@@H]1S[C@H](N/N=C\c2ccc(Br)cc2)NC1=O. The van der Waals surface area contributed by atoms with E-state index < -0.39 is 16.7 Å². The summed E-state index contributed by atoms with van der Waals surface area (Å²) >= 11 is 4.55. The lowest BCUT2D eigenvalue weighted by atomic mass is 10.2. The number of carbonyl (C=O) groups is 2. The van der Waals surface area contributed by atoms with Gasteiger partial charge in [0.25, 0.3) is 0 Å². The third kappa shape index (κ3) is 4.24. The first kappa shape index (κ1) is 14.9. The van der Waals surface area contributed by atoms with Crippen LogP contribution in [0.4, 0.5) is 0 Å². The molecule has 1 aliphatic heterocycles. The summed E-state index contributed by atoms with van der Waals surface area (Å²) in [5, 5.41) is 14.8. The average Bonchev–Trinajstić information content (AvgIpc) is 2.72. The molecular weight excluding hydrogens is 346 g/mol. The molecule has 0 aliphatic carbocycles.